The molecule has 1 saturated heterocycles. The minimum atomic E-state index is -0.175. The van der Waals surface area contributed by atoms with E-state index < -0.39 is 0 Å². The molecular formula is C17H20FN3O2. The Balaban J connectivity index is 1.66. The molecule has 5 nitrogen and oxygen atoms in total. The predicted octanol–water partition coefficient (Wildman–Crippen LogP) is 1.60. The zero-order chi connectivity index (χ0) is 16.1. The van der Waals surface area contributed by atoms with Gasteiger partial charge < -0.3 is 9.72 Å². The smallest absolute Gasteiger partial charge is 0.250 e. The van der Waals surface area contributed by atoms with Gasteiger partial charge >= 0.3 is 0 Å². The van der Waals surface area contributed by atoms with E-state index in [4.69, 9.17) is 4.74 Å². The monoisotopic (exact) mass is 317 g/mol. The fraction of sp³-hybridized carbons (Fsp3) is 0.412. The van der Waals surface area contributed by atoms with Crippen LogP contribution in [-0.4, -0.2) is 41.2 Å². The normalized spacial score (nSPS) is 19.4. The second-order valence-electron chi connectivity index (χ2n) is 5.87. The number of nitrogens with zero attached hydrogens (tertiary/aromatic N) is 2. The Bertz CT molecular complexity index is 704. The summed E-state index contributed by atoms with van der Waals surface area (Å²) in [7, 11) is 0. The molecule has 3 rings (SSSR count). The van der Waals surface area contributed by atoms with Crippen molar-refractivity contribution in [2.24, 2.45) is 5.92 Å². The zero-order valence-corrected chi connectivity index (χ0v) is 12.9. The lowest BCUT2D eigenvalue weighted by Gasteiger charge is -2.23. The van der Waals surface area contributed by atoms with Crippen molar-refractivity contribution in [3.8, 4) is 0 Å². The molecule has 2 aromatic rings. The van der Waals surface area contributed by atoms with Crippen LogP contribution in [0.4, 0.5) is 4.39 Å². The largest absolute Gasteiger partial charge is 0.380 e. The number of H-pyrrole nitrogens is 1. The Labute approximate surface area is 134 Å². The predicted molar refractivity (Wildman–Crippen MR) is 84.5 cm³/mol. The van der Waals surface area contributed by atoms with Gasteiger partial charge in [-0.1, -0.05) is 18.2 Å². The first-order valence-electron chi connectivity index (χ1n) is 7.78. The summed E-state index contributed by atoms with van der Waals surface area (Å²) in [5.74, 6) is 0.0593. The minimum absolute atomic E-state index is 0.146. The fourth-order valence-corrected chi connectivity index (χ4v) is 2.90. The molecule has 2 heterocycles. The Kier molecular flexibility index (Phi) is 5.15. The van der Waals surface area contributed by atoms with E-state index in [9.17, 15) is 9.18 Å². The molecule has 1 fully saturated rings. The van der Waals surface area contributed by atoms with Gasteiger partial charge in [0.15, 0.2) is 0 Å². The second-order valence-corrected chi connectivity index (χ2v) is 5.87. The van der Waals surface area contributed by atoms with E-state index in [-0.39, 0.29) is 17.3 Å². The Hall–Kier alpha value is -2.05. The maximum Gasteiger partial charge on any atom is 0.250 e. The van der Waals surface area contributed by atoms with Gasteiger partial charge in [-0.15, -0.1) is 0 Å². The third kappa shape index (κ3) is 4.46. The molecule has 0 spiro atoms. The van der Waals surface area contributed by atoms with Crippen molar-refractivity contribution in [3.63, 3.8) is 0 Å². The highest BCUT2D eigenvalue weighted by Gasteiger charge is 2.20. The molecule has 23 heavy (non-hydrogen) atoms. The van der Waals surface area contributed by atoms with Crippen molar-refractivity contribution in [1.82, 2.24) is 14.9 Å². The SMILES string of the molecule is O=c1cc(CC2COCCN(Cc3ccccc3F)C2)nc[nH]1. The standard InChI is InChI=1S/C17H20FN3O2/c18-16-4-2-1-3-14(16)10-21-5-6-23-11-13(9-21)7-15-8-17(22)20-12-19-15/h1-4,8,12-13H,5-7,9-11H2,(H,19,20,22). The average Bonchev–Trinajstić information content (AvgIpc) is 2.75. The third-order valence-corrected chi connectivity index (χ3v) is 4.01. The van der Waals surface area contributed by atoms with Gasteiger partial charge in [-0.25, -0.2) is 9.37 Å². The van der Waals surface area contributed by atoms with Crippen LogP contribution in [-0.2, 0) is 17.7 Å². The Morgan fingerprint density at radius 3 is 3.09 bits per heavy atom. The van der Waals surface area contributed by atoms with E-state index in [1.807, 2.05) is 12.1 Å². The summed E-state index contributed by atoms with van der Waals surface area (Å²) in [6.07, 6.45) is 2.10. The van der Waals surface area contributed by atoms with Crippen LogP contribution < -0.4 is 5.56 Å². The summed E-state index contributed by atoms with van der Waals surface area (Å²) in [4.78, 5) is 20.3. The van der Waals surface area contributed by atoms with Crippen LogP contribution in [0.25, 0.3) is 0 Å². The number of hydrogen-bond acceptors (Lipinski definition) is 4. The molecule has 6 heteroatoms. The number of halogens is 1. The Morgan fingerprint density at radius 1 is 1.39 bits per heavy atom. The molecule has 1 aromatic carbocycles. The number of benzene rings is 1. The van der Waals surface area contributed by atoms with Gasteiger partial charge in [-0.3, -0.25) is 9.69 Å². The van der Waals surface area contributed by atoms with Crippen LogP contribution in [0.15, 0.2) is 41.5 Å². The lowest BCUT2D eigenvalue weighted by Crippen LogP contribution is -2.31. The lowest BCUT2D eigenvalue weighted by atomic mass is 10.0. The van der Waals surface area contributed by atoms with Gasteiger partial charge in [-0.2, -0.15) is 0 Å². The van der Waals surface area contributed by atoms with Crippen molar-refractivity contribution in [2.45, 2.75) is 13.0 Å². The number of rotatable bonds is 4. The second kappa shape index (κ2) is 7.48. The van der Waals surface area contributed by atoms with E-state index in [1.165, 1.54) is 18.5 Å². The molecule has 1 aromatic heterocycles. The molecule has 0 amide bonds. The van der Waals surface area contributed by atoms with Crippen LogP contribution >= 0.6 is 0 Å². The first-order valence-corrected chi connectivity index (χ1v) is 7.78. The van der Waals surface area contributed by atoms with E-state index in [2.05, 4.69) is 14.9 Å². The molecule has 1 unspecified atom stereocenters. The summed E-state index contributed by atoms with van der Waals surface area (Å²) in [6, 6.07) is 8.37. The maximum absolute atomic E-state index is 13.8. The average molecular weight is 317 g/mol. The van der Waals surface area contributed by atoms with Gasteiger partial charge in [0, 0.05) is 42.9 Å². The minimum Gasteiger partial charge on any atom is -0.380 e. The van der Waals surface area contributed by atoms with Crippen LogP contribution in [0.1, 0.15) is 11.3 Å². The van der Waals surface area contributed by atoms with Crippen LogP contribution in [0, 0.1) is 11.7 Å². The number of aromatic amines is 1. The molecule has 0 aliphatic carbocycles. The summed E-state index contributed by atoms with van der Waals surface area (Å²) in [5, 5.41) is 0. The molecule has 0 radical (unpaired) electrons. The lowest BCUT2D eigenvalue weighted by molar-refractivity contribution is 0.121. The molecule has 0 bridgehead atoms. The molecule has 1 aliphatic heterocycles. The quantitative estimate of drug-likeness (QED) is 0.930. The van der Waals surface area contributed by atoms with Gasteiger partial charge in [0.25, 0.3) is 5.56 Å². The number of ether oxygens (including phenoxy) is 1. The first kappa shape index (κ1) is 15.8. The molecule has 1 aliphatic rings. The van der Waals surface area contributed by atoms with Crippen LogP contribution in [0.5, 0.6) is 0 Å². The number of nitrogens with one attached hydrogen (secondary N) is 1. The van der Waals surface area contributed by atoms with Crippen LogP contribution in [0.2, 0.25) is 0 Å². The molecule has 0 saturated carbocycles. The van der Waals surface area contributed by atoms with Crippen molar-refractivity contribution in [2.75, 3.05) is 26.3 Å². The van der Waals surface area contributed by atoms with Crippen molar-refractivity contribution < 1.29 is 9.13 Å². The molecular weight excluding hydrogens is 297 g/mol. The molecule has 122 valence electrons. The summed E-state index contributed by atoms with van der Waals surface area (Å²) >= 11 is 0. The van der Waals surface area contributed by atoms with Gasteiger partial charge in [0.05, 0.1) is 19.5 Å². The fourth-order valence-electron chi connectivity index (χ4n) is 2.90. The summed E-state index contributed by atoms with van der Waals surface area (Å²) < 4.78 is 19.5. The van der Waals surface area contributed by atoms with E-state index in [1.54, 1.807) is 6.07 Å². The zero-order valence-electron chi connectivity index (χ0n) is 12.9. The van der Waals surface area contributed by atoms with E-state index >= 15 is 0 Å². The van der Waals surface area contributed by atoms with E-state index in [0.717, 1.165) is 18.8 Å². The van der Waals surface area contributed by atoms with E-state index in [0.29, 0.717) is 31.7 Å². The van der Waals surface area contributed by atoms with Crippen molar-refractivity contribution in [3.05, 3.63) is 64.1 Å². The first-order chi connectivity index (χ1) is 11.2. The highest BCUT2D eigenvalue weighted by Crippen LogP contribution is 2.16. The summed E-state index contributed by atoms with van der Waals surface area (Å²) in [5.41, 5.74) is 1.31. The van der Waals surface area contributed by atoms with Gasteiger partial charge in [0.1, 0.15) is 5.82 Å². The maximum atomic E-state index is 13.8. The van der Waals surface area contributed by atoms with Crippen LogP contribution in [0.3, 0.4) is 0 Å². The molecule has 1 atom stereocenters. The Morgan fingerprint density at radius 2 is 2.26 bits per heavy atom. The molecule has 1 N–H and O–H groups in total. The topological polar surface area (TPSA) is 58.2 Å². The third-order valence-electron chi connectivity index (χ3n) is 4.01. The highest BCUT2D eigenvalue weighted by atomic mass is 19.1. The van der Waals surface area contributed by atoms with Gasteiger partial charge in [0.2, 0.25) is 0 Å². The number of hydrogen-bond donors (Lipinski definition) is 1. The number of aromatic nitrogens is 2. The highest BCUT2D eigenvalue weighted by molar-refractivity contribution is 5.17. The summed E-state index contributed by atoms with van der Waals surface area (Å²) in [6.45, 7) is 3.39. The van der Waals surface area contributed by atoms with Crippen molar-refractivity contribution in [1.29, 1.82) is 0 Å². The van der Waals surface area contributed by atoms with Crippen molar-refractivity contribution >= 4 is 0 Å². The van der Waals surface area contributed by atoms with Gasteiger partial charge in [-0.05, 0) is 12.5 Å².